The Morgan fingerprint density at radius 3 is 1.36 bits per heavy atom. The fourth-order valence-electron chi connectivity index (χ4n) is 1.94. The number of rotatable bonds is 8. The number of hydrogen-bond acceptors (Lipinski definition) is 4. The smallest absolute Gasteiger partial charge is 0.187 e. The molecule has 2 aliphatic carbocycles. The van der Waals surface area contributed by atoms with Crippen molar-refractivity contribution in [1.82, 2.24) is 10.6 Å². The molecule has 8 heteroatoms. The summed E-state index contributed by atoms with van der Waals surface area (Å²) >= 11 is 0. The van der Waals surface area contributed by atoms with Gasteiger partial charge in [0.1, 0.15) is 13.2 Å². The van der Waals surface area contributed by atoms with Gasteiger partial charge in [0.2, 0.25) is 0 Å². The molecule has 0 bridgehead atoms. The second-order valence-electron chi connectivity index (χ2n) is 5.48. The van der Waals surface area contributed by atoms with Crippen molar-refractivity contribution >= 4 is 11.6 Å². The predicted octanol–water partition coefficient (Wildman–Crippen LogP) is 0.534. The monoisotopic (exact) mass is 486 g/mol. The molecule has 0 saturated heterocycles. The van der Waals surface area contributed by atoms with Crippen molar-refractivity contribution in [3.05, 3.63) is 72.2 Å². The van der Waals surface area contributed by atoms with Gasteiger partial charge in [-0.15, -0.1) is 0 Å². The quantitative estimate of drug-likeness (QED) is 0.226. The third-order valence-corrected chi connectivity index (χ3v) is 3.35. The van der Waals surface area contributed by atoms with Gasteiger partial charge < -0.3 is 20.8 Å². The van der Waals surface area contributed by atoms with Crippen LogP contribution in [0.5, 0.6) is 0 Å². The maximum atomic E-state index is 11.2. The number of allylic oxidation sites excluding steroid dienone is 10. The van der Waals surface area contributed by atoms with Crippen LogP contribution < -0.4 is 10.6 Å². The van der Waals surface area contributed by atoms with Gasteiger partial charge in [-0.3, -0.25) is 9.59 Å². The molecule has 0 amide bonds. The van der Waals surface area contributed by atoms with Crippen LogP contribution in [0.25, 0.3) is 0 Å². The first kappa shape index (κ1) is 28.5. The maximum Gasteiger partial charge on any atom is 0.187 e. The summed E-state index contributed by atoms with van der Waals surface area (Å²) in [6.45, 7) is 2.33. The molecule has 2 radical (unpaired) electrons. The van der Waals surface area contributed by atoms with Gasteiger partial charge in [0.25, 0.3) is 0 Å². The first-order valence-corrected chi connectivity index (χ1v) is 8.63. The Kier molecular flexibility index (Phi) is 19.1. The normalized spacial score (nSPS) is 16.9. The van der Waals surface area contributed by atoms with E-state index in [9.17, 15) is 9.59 Å². The number of nitrogens with one attached hydrogen (secondary N) is 2. The fraction of sp³-hybridized carbons (Fsp3) is 0.300. The molecule has 28 heavy (non-hydrogen) atoms. The summed E-state index contributed by atoms with van der Waals surface area (Å²) in [5.41, 5.74) is 1.35. The van der Waals surface area contributed by atoms with E-state index < -0.39 is 0 Å². The summed E-state index contributed by atoms with van der Waals surface area (Å²) in [4.78, 5) is 22.3. The number of carbonyl (C=O) groups is 2. The Labute approximate surface area is 187 Å². The van der Waals surface area contributed by atoms with Crippen LogP contribution in [-0.2, 0) is 43.7 Å². The third kappa shape index (κ3) is 12.7. The van der Waals surface area contributed by atoms with Crippen LogP contribution >= 0.6 is 0 Å². The summed E-state index contributed by atoms with van der Waals surface area (Å²) in [7, 11) is 0. The Balaban J connectivity index is 0. The maximum absolute atomic E-state index is 11.2. The minimum atomic E-state index is 0. The average Bonchev–Trinajstić information content (AvgIpc) is 2.66. The van der Waals surface area contributed by atoms with Gasteiger partial charge in [0.15, 0.2) is 11.6 Å². The molecular weight excluding hydrogens is 459 g/mol. The van der Waals surface area contributed by atoms with Crippen LogP contribution in [0.15, 0.2) is 72.2 Å². The molecule has 6 N–H and O–H groups in total. The summed E-state index contributed by atoms with van der Waals surface area (Å²) in [6.07, 6.45) is 18.8. The Morgan fingerprint density at radius 1 is 0.679 bits per heavy atom. The molecule has 0 spiro atoms. The molecule has 0 heterocycles. The van der Waals surface area contributed by atoms with Gasteiger partial charge >= 0.3 is 0 Å². The zero-order chi connectivity index (χ0) is 19.0. The van der Waals surface area contributed by atoms with Crippen LogP contribution in [-0.4, -0.2) is 48.1 Å². The van der Waals surface area contributed by atoms with Gasteiger partial charge in [-0.25, -0.2) is 0 Å². The molecule has 0 fully saturated rings. The van der Waals surface area contributed by atoms with E-state index in [2.05, 4.69) is 10.6 Å². The molecule has 162 valence electrons. The van der Waals surface area contributed by atoms with Crippen molar-refractivity contribution in [2.24, 2.45) is 0 Å². The van der Waals surface area contributed by atoms with Gasteiger partial charge in [0.05, 0.1) is 0 Å². The number of ketones is 2. The molecule has 0 aromatic heterocycles. The van der Waals surface area contributed by atoms with E-state index in [1.807, 2.05) is 12.2 Å². The van der Waals surface area contributed by atoms with Gasteiger partial charge in [-0.05, 0) is 24.3 Å². The number of carbonyl (C=O) groups excluding carboxylic acids is 2. The van der Waals surface area contributed by atoms with E-state index in [0.29, 0.717) is 24.4 Å². The molecule has 0 saturated carbocycles. The molecule has 2 aliphatic rings. The SMILES string of the molecule is O=C1C=CC=CC1=CNCCC[OH2+].O=C1C=CC=CC1=CNCCC[OH2+].[Cu].[Cu]. The molecule has 0 unspecified atom stereocenters. The van der Waals surface area contributed by atoms with Crippen LogP contribution in [0.3, 0.4) is 0 Å². The van der Waals surface area contributed by atoms with Crippen molar-refractivity contribution < 1.29 is 53.9 Å². The molecule has 0 aliphatic heterocycles. The third-order valence-electron chi connectivity index (χ3n) is 3.35. The molecule has 2 rings (SSSR count). The van der Waals surface area contributed by atoms with Gasteiger partial charge in [-0.2, -0.15) is 0 Å². The Bertz CT molecular complexity index is 595. The molecular formula is C20H28Cu2N2O4+2. The zero-order valence-corrected chi connectivity index (χ0v) is 17.3. The second-order valence-corrected chi connectivity index (χ2v) is 5.48. The summed E-state index contributed by atoms with van der Waals surface area (Å²) in [5, 5.41) is 19.8. The second kappa shape index (κ2) is 18.7. The van der Waals surface area contributed by atoms with Crippen molar-refractivity contribution in [1.29, 1.82) is 0 Å². The first-order valence-electron chi connectivity index (χ1n) is 8.63. The van der Waals surface area contributed by atoms with E-state index in [4.69, 9.17) is 10.2 Å². The van der Waals surface area contributed by atoms with Crippen molar-refractivity contribution in [2.45, 2.75) is 12.8 Å². The summed E-state index contributed by atoms with van der Waals surface area (Å²) in [6, 6.07) is 0. The topological polar surface area (TPSA) is 104 Å². The van der Waals surface area contributed by atoms with E-state index in [-0.39, 0.29) is 45.7 Å². The van der Waals surface area contributed by atoms with Crippen molar-refractivity contribution in [3.8, 4) is 0 Å². The Hall–Kier alpha value is -1.66. The largest absolute Gasteiger partial charge is 0.445 e. The molecule has 6 nitrogen and oxygen atoms in total. The van der Waals surface area contributed by atoms with Crippen LogP contribution in [0.2, 0.25) is 0 Å². The average molecular weight is 488 g/mol. The molecule has 0 aromatic carbocycles. The van der Waals surface area contributed by atoms with Gasteiger partial charge in [-0.1, -0.05) is 24.3 Å². The van der Waals surface area contributed by atoms with Crippen LogP contribution in [0, 0.1) is 0 Å². The van der Waals surface area contributed by atoms with Crippen LogP contribution in [0.1, 0.15) is 12.8 Å². The molecule has 0 aromatic rings. The minimum Gasteiger partial charge on any atom is -0.445 e. The van der Waals surface area contributed by atoms with Crippen molar-refractivity contribution in [2.75, 3.05) is 26.3 Å². The first-order chi connectivity index (χ1) is 12.7. The fourth-order valence-corrected chi connectivity index (χ4v) is 1.94. The minimum absolute atomic E-state index is 0. The summed E-state index contributed by atoms with van der Waals surface area (Å²) in [5.74, 6) is 0.0572. The standard InChI is InChI=1S/2C10H13NO2.2Cu/c2*12-7-3-6-11-8-9-4-1-2-5-10(9)13;;/h2*1-2,4-5,8,11-12H,3,6-7H2;;/p+2. The van der Waals surface area contributed by atoms with E-state index >= 15 is 0 Å². The van der Waals surface area contributed by atoms with E-state index in [1.165, 1.54) is 12.2 Å². The predicted molar refractivity (Wildman–Crippen MR) is 105 cm³/mol. The van der Waals surface area contributed by atoms with Gasteiger partial charge in [0, 0.05) is 83.6 Å². The summed E-state index contributed by atoms with van der Waals surface area (Å²) < 4.78 is 0. The zero-order valence-electron chi connectivity index (χ0n) is 15.4. The van der Waals surface area contributed by atoms with E-state index in [1.54, 1.807) is 36.7 Å². The van der Waals surface area contributed by atoms with E-state index in [0.717, 1.165) is 25.9 Å². The van der Waals surface area contributed by atoms with Crippen LogP contribution in [0.4, 0.5) is 0 Å². The Morgan fingerprint density at radius 2 is 1.04 bits per heavy atom. The molecule has 0 atom stereocenters. The number of hydrogen-bond donors (Lipinski definition) is 2. The van der Waals surface area contributed by atoms with Crippen molar-refractivity contribution in [3.63, 3.8) is 0 Å².